The molecule has 0 aliphatic carbocycles. The molecule has 1 saturated heterocycles. The summed E-state index contributed by atoms with van der Waals surface area (Å²) in [5, 5.41) is 16.4. The molecule has 1 aliphatic rings. The Kier molecular flexibility index (Phi) is 3.73. The number of rotatable bonds is 5. The molecule has 1 fully saturated rings. The van der Waals surface area contributed by atoms with E-state index in [0.29, 0.717) is 31.2 Å². The zero-order valence-electron chi connectivity index (χ0n) is 9.76. The molecule has 94 valence electrons. The first-order valence-corrected chi connectivity index (χ1v) is 5.81. The number of aromatic nitrogens is 2. The van der Waals surface area contributed by atoms with E-state index in [0.717, 1.165) is 6.42 Å². The molecule has 1 aromatic heterocycles. The summed E-state index contributed by atoms with van der Waals surface area (Å²) in [6.45, 7) is 2.64. The third-order valence-electron chi connectivity index (χ3n) is 2.81. The van der Waals surface area contributed by atoms with Crippen LogP contribution in [0, 0.1) is 0 Å². The minimum Gasteiger partial charge on any atom is -0.481 e. The second-order valence-electron chi connectivity index (χ2n) is 4.36. The molecule has 2 unspecified atom stereocenters. The fourth-order valence-electron chi connectivity index (χ4n) is 1.91. The lowest BCUT2D eigenvalue weighted by atomic mass is 10.1. The Bertz CT molecular complexity index is 391. The lowest BCUT2D eigenvalue weighted by Gasteiger charge is -1.99. The average molecular weight is 240 g/mol. The van der Waals surface area contributed by atoms with Crippen LogP contribution in [-0.4, -0.2) is 34.0 Å². The second kappa shape index (κ2) is 5.27. The zero-order valence-corrected chi connectivity index (χ0v) is 9.76. The maximum Gasteiger partial charge on any atom is 0.303 e. The van der Waals surface area contributed by atoms with Crippen molar-refractivity contribution in [1.82, 2.24) is 10.2 Å². The van der Waals surface area contributed by atoms with E-state index < -0.39 is 5.97 Å². The van der Waals surface area contributed by atoms with Crippen molar-refractivity contribution in [3.63, 3.8) is 0 Å². The number of aliphatic carboxylic acids is 1. The number of carbonyl (C=O) groups is 1. The van der Waals surface area contributed by atoms with Crippen LogP contribution < -0.4 is 0 Å². The predicted octanol–water partition coefficient (Wildman–Crippen LogP) is 1.37. The number of nitrogens with zero attached hydrogens (tertiary/aromatic N) is 2. The number of ether oxygens (including phenoxy) is 1. The van der Waals surface area contributed by atoms with Gasteiger partial charge in [-0.15, -0.1) is 10.2 Å². The van der Waals surface area contributed by atoms with Crippen LogP contribution in [0.15, 0.2) is 4.42 Å². The Balaban J connectivity index is 1.85. The molecule has 0 bridgehead atoms. The summed E-state index contributed by atoms with van der Waals surface area (Å²) in [5.74, 6) is 0.508. The summed E-state index contributed by atoms with van der Waals surface area (Å²) in [6.07, 6.45) is 2.30. The van der Waals surface area contributed by atoms with E-state index in [1.165, 1.54) is 0 Å². The molecule has 0 radical (unpaired) electrons. The molecule has 6 nitrogen and oxygen atoms in total. The Morgan fingerprint density at radius 1 is 1.53 bits per heavy atom. The van der Waals surface area contributed by atoms with E-state index in [-0.39, 0.29) is 18.4 Å². The highest BCUT2D eigenvalue weighted by atomic mass is 16.5. The molecule has 2 rings (SSSR count). The number of hydrogen-bond acceptors (Lipinski definition) is 5. The van der Waals surface area contributed by atoms with Gasteiger partial charge in [-0.05, 0) is 19.8 Å². The summed E-state index contributed by atoms with van der Waals surface area (Å²) < 4.78 is 10.9. The molecule has 17 heavy (non-hydrogen) atoms. The van der Waals surface area contributed by atoms with Crippen LogP contribution in [0.5, 0.6) is 0 Å². The summed E-state index contributed by atoms with van der Waals surface area (Å²) in [6, 6.07) is 0. The van der Waals surface area contributed by atoms with Crippen LogP contribution in [0.1, 0.15) is 43.9 Å². The van der Waals surface area contributed by atoms with Gasteiger partial charge >= 0.3 is 5.97 Å². The minimum atomic E-state index is -0.803. The van der Waals surface area contributed by atoms with E-state index in [1.54, 1.807) is 0 Å². The van der Waals surface area contributed by atoms with Crippen LogP contribution >= 0.6 is 0 Å². The number of hydrogen-bond donors (Lipinski definition) is 1. The van der Waals surface area contributed by atoms with Gasteiger partial charge in [0.2, 0.25) is 11.8 Å². The zero-order chi connectivity index (χ0) is 12.3. The van der Waals surface area contributed by atoms with Crippen molar-refractivity contribution in [1.29, 1.82) is 0 Å². The van der Waals surface area contributed by atoms with Gasteiger partial charge in [-0.25, -0.2) is 0 Å². The van der Waals surface area contributed by atoms with Crippen LogP contribution in [0.25, 0.3) is 0 Å². The smallest absolute Gasteiger partial charge is 0.303 e. The monoisotopic (exact) mass is 240 g/mol. The maximum atomic E-state index is 10.4. The Morgan fingerprint density at radius 2 is 2.35 bits per heavy atom. The van der Waals surface area contributed by atoms with Gasteiger partial charge in [0.1, 0.15) is 0 Å². The van der Waals surface area contributed by atoms with E-state index in [1.807, 2.05) is 6.92 Å². The van der Waals surface area contributed by atoms with E-state index in [2.05, 4.69) is 10.2 Å². The van der Waals surface area contributed by atoms with Crippen molar-refractivity contribution in [3.8, 4) is 0 Å². The fraction of sp³-hybridized carbons (Fsp3) is 0.727. The first-order chi connectivity index (χ1) is 8.15. The Labute approximate surface area is 99.0 Å². The molecule has 1 aromatic rings. The standard InChI is InChI=1S/C11H16N2O4/c1-7-5-8(6-16-7)11-13-12-9(17-11)3-2-4-10(14)15/h7-8H,2-6H2,1H3,(H,14,15). The largest absolute Gasteiger partial charge is 0.481 e. The normalized spacial score (nSPS) is 24.1. The number of carboxylic acid groups (broad SMARTS) is 1. The van der Waals surface area contributed by atoms with Crippen LogP contribution in [0.3, 0.4) is 0 Å². The lowest BCUT2D eigenvalue weighted by molar-refractivity contribution is -0.137. The SMILES string of the molecule is CC1CC(c2nnc(CCCC(=O)O)o2)CO1. The fourth-order valence-corrected chi connectivity index (χ4v) is 1.91. The lowest BCUT2D eigenvalue weighted by Crippen LogP contribution is -1.98. The maximum absolute atomic E-state index is 10.4. The quantitative estimate of drug-likeness (QED) is 0.836. The van der Waals surface area contributed by atoms with Gasteiger partial charge in [0.05, 0.1) is 18.6 Å². The van der Waals surface area contributed by atoms with Gasteiger partial charge < -0.3 is 14.3 Å². The average Bonchev–Trinajstić information content (AvgIpc) is 2.86. The molecule has 6 heteroatoms. The highest BCUT2D eigenvalue weighted by Crippen LogP contribution is 2.28. The van der Waals surface area contributed by atoms with Gasteiger partial charge in [0, 0.05) is 12.8 Å². The van der Waals surface area contributed by atoms with Crippen molar-refractivity contribution in [3.05, 3.63) is 11.8 Å². The predicted molar refractivity (Wildman–Crippen MR) is 57.6 cm³/mol. The Hall–Kier alpha value is -1.43. The highest BCUT2D eigenvalue weighted by molar-refractivity contribution is 5.66. The van der Waals surface area contributed by atoms with Gasteiger partial charge in [-0.3, -0.25) is 4.79 Å². The third-order valence-corrected chi connectivity index (χ3v) is 2.81. The van der Waals surface area contributed by atoms with Crippen molar-refractivity contribution in [2.75, 3.05) is 6.61 Å². The van der Waals surface area contributed by atoms with Gasteiger partial charge in [-0.1, -0.05) is 0 Å². The third kappa shape index (κ3) is 3.26. The summed E-state index contributed by atoms with van der Waals surface area (Å²) >= 11 is 0. The van der Waals surface area contributed by atoms with E-state index >= 15 is 0 Å². The summed E-state index contributed by atoms with van der Waals surface area (Å²) in [5.41, 5.74) is 0. The molecule has 2 heterocycles. The number of aryl methyl sites for hydroxylation is 1. The molecule has 0 amide bonds. The first kappa shape index (κ1) is 12.0. The van der Waals surface area contributed by atoms with Gasteiger partial charge in [0.25, 0.3) is 0 Å². The molecular formula is C11H16N2O4. The van der Waals surface area contributed by atoms with Crippen molar-refractivity contribution >= 4 is 5.97 Å². The van der Waals surface area contributed by atoms with Crippen LogP contribution in [0.4, 0.5) is 0 Å². The molecule has 0 saturated carbocycles. The molecule has 1 aliphatic heterocycles. The molecule has 0 aromatic carbocycles. The van der Waals surface area contributed by atoms with Crippen LogP contribution in [-0.2, 0) is 16.0 Å². The van der Waals surface area contributed by atoms with Crippen molar-refractivity contribution < 1.29 is 19.1 Å². The van der Waals surface area contributed by atoms with E-state index in [9.17, 15) is 4.79 Å². The Morgan fingerprint density at radius 3 is 3.00 bits per heavy atom. The molecular weight excluding hydrogens is 224 g/mol. The highest BCUT2D eigenvalue weighted by Gasteiger charge is 2.27. The van der Waals surface area contributed by atoms with Crippen molar-refractivity contribution in [2.45, 2.75) is 44.6 Å². The van der Waals surface area contributed by atoms with Gasteiger partial charge in [-0.2, -0.15) is 0 Å². The molecule has 0 spiro atoms. The van der Waals surface area contributed by atoms with Crippen molar-refractivity contribution in [2.24, 2.45) is 0 Å². The number of carboxylic acids is 1. The first-order valence-electron chi connectivity index (χ1n) is 5.81. The summed E-state index contributed by atoms with van der Waals surface area (Å²) in [7, 11) is 0. The van der Waals surface area contributed by atoms with E-state index in [4.69, 9.17) is 14.3 Å². The topological polar surface area (TPSA) is 85.5 Å². The molecule has 2 atom stereocenters. The second-order valence-corrected chi connectivity index (χ2v) is 4.36. The molecule has 1 N–H and O–H groups in total. The minimum absolute atomic E-state index is 0.126. The van der Waals surface area contributed by atoms with Crippen LogP contribution in [0.2, 0.25) is 0 Å². The van der Waals surface area contributed by atoms with Gasteiger partial charge in [0.15, 0.2) is 0 Å². The summed E-state index contributed by atoms with van der Waals surface area (Å²) in [4.78, 5) is 10.4.